The second-order valence-electron chi connectivity index (χ2n) is 3.38. The number of aromatic nitrogens is 2. The highest BCUT2D eigenvalue weighted by Gasteiger charge is 2.14. The Bertz CT molecular complexity index is 639. The first-order chi connectivity index (χ1) is 8.62. The summed E-state index contributed by atoms with van der Waals surface area (Å²) >= 11 is 0. The normalized spacial score (nSPS) is 10.9. The number of pyridine rings is 2. The molecule has 6 nitrogen and oxygen atoms in total. The van der Waals surface area contributed by atoms with Crippen molar-refractivity contribution in [2.75, 3.05) is 4.72 Å². The van der Waals surface area contributed by atoms with Crippen LogP contribution in [0.25, 0.3) is 0 Å². The first-order valence-electron chi connectivity index (χ1n) is 4.96. The second-order valence-corrected chi connectivity index (χ2v) is 5.07. The molecule has 2 rings (SSSR count). The lowest BCUT2D eigenvalue weighted by atomic mass is 10.4. The monoisotopic (exact) mass is 263 g/mol. The van der Waals surface area contributed by atoms with Crippen LogP contribution in [-0.4, -0.2) is 24.7 Å². The molecule has 7 heteroatoms. The van der Waals surface area contributed by atoms with Gasteiger partial charge in [-0.15, -0.1) is 0 Å². The Kier molecular flexibility index (Phi) is 3.33. The smallest absolute Gasteiger partial charge is 0.263 e. The van der Waals surface area contributed by atoms with E-state index in [1.54, 1.807) is 12.1 Å². The quantitative estimate of drug-likeness (QED) is 0.834. The van der Waals surface area contributed by atoms with E-state index in [-0.39, 0.29) is 10.6 Å². The van der Waals surface area contributed by atoms with E-state index in [1.165, 1.54) is 24.5 Å². The molecule has 0 radical (unpaired) electrons. The summed E-state index contributed by atoms with van der Waals surface area (Å²) in [4.78, 5) is 17.9. The van der Waals surface area contributed by atoms with E-state index < -0.39 is 10.0 Å². The van der Waals surface area contributed by atoms with Crippen LogP contribution in [0, 0.1) is 0 Å². The number of anilines is 1. The SMILES string of the molecule is O=Cc1ccc(S(=O)(=O)Nc2cccnc2)cn1. The molecular formula is C11H9N3O3S. The zero-order valence-electron chi connectivity index (χ0n) is 9.15. The van der Waals surface area contributed by atoms with Gasteiger partial charge < -0.3 is 0 Å². The Morgan fingerprint density at radius 2 is 2.00 bits per heavy atom. The Labute approximate surface area is 104 Å². The van der Waals surface area contributed by atoms with Gasteiger partial charge in [-0.2, -0.15) is 0 Å². The lowest BCUT2D eigenvalue weighted by Crippen LogP contribution is -2.13. The van der Waals surface area contributed by atoms with Crippen molar-refractivity contribution in [3.8, 4) is 0 Å². The van der Waals surface area contributed by atoms with Crippen LogP contribution in [0.15, 0.2) is 47.8 Å². The van der Waals surface area contributed by atoms with Gasteiger partial charge in [-0.3, -0.25) is 19.5 Å². The van der Waals surface area contributed by atoms with Crippen molar-refractivity contribution >= 4 is 22.0 Å². The number of nitrogens with one attached hydrogen (secondary N) is 1. The van der Waals surface area contributed by atoms with Crippen molar-refractivity contribution in [1.29, 1.82) is 0 Å². The Morgan fingerprint density at radius 1 is 1.17 bits per heavy atom. The van der Waals surface area contributed by atoms with Crippen molar-refractivity contribution in [1.82, 2.24) is 9.97 Å². The Morgan fingerprint density at radius 3 is 2.56 bits per heavy atom. The molecule has 0 unspecified atom stereocenters. The maximum atomic E-state index is 11.9. The fraction of sp³-hybridized carbons (Fsp3) is 0. The summed E-state index contributed by atoms with van der Waals surface area (Å²) < 4.78 is 26.2. The molecule has 92 valence electrons. The van der Waals surface area contributed by atoms with E-state index in [2.05, 4.69) is 14.7 Å². The summed E-state index contributed by atoms with van der Waals surface area (Å²) in [6.07, 6.45) is 4.61. The molecule has 2 aromatic heterocycles. The van der Waals surface area contributed by atoms with E-state index >= 15 is 0 Å². The van der Waals surface area contributed by atoms with Crippen molar-refractivity contribution in [2.45, 2.75) is 4.90 Å². The van der Waals surface area contributed by atoms with E-state index in [0.29, 0.717) is 12.0 Å². The Hall–Kier alpha value is -2.28. The van der Waals surface area contributed by atoms with Crippen LogP contribution < -0.4 is 4.72 Å². The fourth-order valence-corrected chi connectivity index (χ4v) is 2.25. The van der Waals surface area contributed by atoms with Crippen LogP contribution in [0.1, 0.15) is 10.5 Å². The zero-order chi connectivity index (χ0) is 13.0. The van der Waals surface area contributed by atoms with E-state index in [1.807, 2.05) is 0 Å². The van der Waals surface area contributed by atoms with Crippen LogP contribution >= 0.6 is 0 Å². The number of hydrogen-bond acceptors (Lipinski definition) is 5. The highest BCUT2D eigenvalue weighted by molar-refractivity contribution is 7.92. The average molecular weight is 263 g/mol. The third kappa shape index (κ3) is 2.69. The largest absolute Gasteiger partial charge is 0.296 e. The third-order valence-corrected chi connectivity index (χ3v) is 3.47. The molecule has 1 N–H and O–H groups in total. The molecule has 18 heavy (non-hydrogen) atoms. The molecule has 0 saturated heterocycles. The van der Waals surface area contributed by atoms with Crippen LogP contribution in [0.2, 0.25) is 0 Å². The minimum atomic E-state index is -3.71. The van der Waals surface area contributed by atoms with Gasteiger partial charge in [0.25, 0.3) is 10.0 Å². The molecule has 0 aliphatic rings. The predicted molar refractivity (Wildman–Crippen MR) is 64.7 cm³/mol. The first-order valence-corrected chi connectivity index (χ1v) is 6.44. The molecule has 0 bridgehead atoms. The van der Waals surface area contributed by atoms with Gasteiger partial charge in [-0.05, 0) is 24.3 Å². The van der Waals surface area contributed by atoms with Crippen LogP contribution in [0.3, 0.4) is 0 Å². The number of sulfonamides is 1. The van der Waals surface area contributed by atoms with Gasteiger partial charge in [0.15, 0.2) is 6.29 Å². The molecule has 0 aromatic carbocycles. The maximum absolute atomic E-state index is 11.9. The van der Waals surface area contributed by atoms with Gasteiger partial charge in [0.1, 0.15) is 10.6 Å². The summed E-state index contributed by atoms with van der Waals surface area (Å²) in [7, 11) is -3.71. The predicted octanol–water partition coefficient (Wildman–Crippen LogP) is 1.09. The third-order valence-electron chi connectivity index (χ3n) is 2.10. The van der Waals surface area contributed by atoms with Gasteiger partial charge >= 0.3 is 0 Å². The molecule has 0 saturated carbocycles. The van der Waals surface area contributed by atoms with Crippen LogP contribution in [0.5, 0.6) is 0 Å². The molecule has 0 spiro atoms. The van der Waals surface area contributed by atoms with Gasteiger partial charge in [0.2, 0.25) is 0 Å². The topological polar surface area (TPSA) is 89.0 Å². The summed E-state index contributed by atoms with van der Waals surface area (Å²) in [5, 5.41) is 0. The van der Waals surface area contributed by atoms with Crippen LogP contribution in [-0.2, 0) is 10.0 Å². The Balaban J connectivity index is 2.28. The summed E-state index contributed by atoms with van der Waals surface area (Å²) in [6, 6.07) is 5.85. The highest BCUT2D eigenvalue weighted by atomic mass is 32.2. The van der Waals surface area contributed by atoms with Gasteiger partial charge in [-0.25, -0.2) is 8.42 Å². The van der Waals surface area contributed by atoms with Crippen LogP contribution in [0.4, 0.5) is 5.69 Å². The lowest BCUT2D eigenvalue weighted by molar-refractivity contribution is 0.111. The molecular weight excluding hydrogens is 254 g/mol. The zero-order valence-corrected chi connectivity index (χ0v) is 9.96. The number of hydrogen-bond donors (Lipinski definition) is 1. The standard InChI is InChI=1S/C11H9N3O3S/c15-8-10-3-4-11(7-13-10)18(16,17)14-9-2-1-5-12-6-9/h1-8,14H. The number of carbonyl (C=O) groups excluding carboxylic acids is 1. The van der Waals surface area contributed by atoms with Crippen molar-refractivity contribution < 1.29 is 13.2 Å². The van der Waals surface area contributed by atoms with E-state index in [4.69, 9.17) is 0 Å². The average Bonchev–Trinajstić information content (AvgIpc) is 2.39. The minimum absolute atomic E-state index is 0.0167. The van der Waals surface area contributed by atoms with E-state index in [9.17, 15) is 13.2 Å². The van der Waals surface area contributed by atoms with Gasteiger partial charge in [-0.1, -0.05) is 0 Å². The molecule has 0 aliphatic heterocycles. The second kappa shape index (κ2) is 4.92. The fourth-order valence-electron chi connectivity index (χ4n) is 1.26. The molecule has 2 aromatic rings. The van der Waals surface area contributed by atoms with Crippen molar-refractivity contribution in [3.05, 3.63) is 48.5 Å². The minimum Gasteiger partial charge on any atom is -0.296 e. The number of carbonyl (C=O) groups is 1. The lowest BCUT2D eigenvalue weighted by Gasteiger charge is -2.06. The summed E-state index contributed by atoms with van der Waals surface area (Å²) in [5.41, 5.74) is 0.535. The number of nitrogens with zero attached hydrogens (tertiary/aromatic N) is 2. The molecule has 0 aliphatic carbocycles. The van der Waals surface area contributed by atoms with Crippen molar-refractivity contribution in [3.63, 3.8) is 0 Å². The number of aldehydes is 1. The van der Waals surface area contributed by atoms with Gasteiger partial charge in [0.05, 0.1) is 11.9 Å². The first kappa shape index (κ1) is 12.2. The maximum Gasteiger partial charge on any atom is 0.263 e. The molecule has 0 fully saturated rings. The highest BCUT2D eigenvalue weighted by Crippen LogP contribution is 2.13. The van der Waals surface area contributed by atoms with Crippen molar-refractivity contribution in [2.24, 2.45) is 0 Å². The van der Waals surface area contributed by atoms with Gasteiger partial charge in [0, 0.05) is 12.4 Å². The summed E-state index contributed by atoms with van der Waals surface area (Å²) in [5.74, 6) is 0. The van der Waals surface area contributed by atoms with E-state index in [0.717, 1.165) is 6.20 Å². The summed E-state index contributed by atoms with van der Waals surface area (Å²) in [6.45, 7) is 0. The molecule has 0 amide bonds. The molecule has 2 heterocycles. The molecule has 0 atom stereocenters. The number of rotatable bonds is 4.